The lowest BCUT2D eigenvalue weighted by atomic mass is 10.2. The van der Waals surface area contributed by atoms with Crippen LogP contribution in [0.15, 0.2) is 86.8 Å². The number of rotatable bonds is 5. The van der Waals surface area contributed by atoms with E-state index < -0.39 is 5.97 Å². The molecule has 0 heterocycles. The summed E-state index contributed by atoms with van der Waals surface area (Å²) in [6, 6.07) is 20.7. The Morgan fingerprint density at radius 3 is 1.89 bits per heavy atom. The molecule has 0 bridgehead atoms. The molecule has 0 saturated heterocycles. The smallest absolute Gasteiger partial charge is 0.343 e. The molecule has 3 aromatic rings. The van der Waals surface area contributed by atoms with Crippen LogP contribution in [0, 0.1) is 0 Å². The second-order valence-electron chi connectivity index (χ2n) is 5.67. The highest BCUT2D eigenvalue weighted by Gasteiger charge is 2.08. The van der Waals surface area contributed by atoms with E-state index in [2.05, 4.69) is 42.4 Å². The predicted octanol–water partition coefficient (Wildman–Crippen LogP) is 5.19. The Morgan fingerprint density at radius 1 is 0.786 bits per heavy atom. The minimum absolute atomic E-state index is 0.302. The van der Waals surface area contributed by atoms with Gasteiger partial charge in [0, 0.05) is 14.5 Å². The van der Waals surface area contributed by atoms with Crippen LogP contribution in [0.2, 0.25) is 0 Å². The highest BCUT2D eigenvalue weighted by atomic mass is 79.9. The fourth-order valence-electron chi connectivity index (χ4n) is 2.21. The van der Waals surface area contributed by atoms with E-state index in [4.69, 9.17) is 4.74 Å². The first kappa shape index (κ1) is 20.0. The monoisotopic (exact) mass is 500 g/mol. The minimum Gasteiger partial charge on any atom is -0.423 e. The van der Waals surface area contributed by atoms with Crippen molar-refractivity contribution < 1.29 is 14.3 Å². The third kappa shape index (κ3) is 5.61. The van der Waals surface area contributed by atoms with E-state index in [1.807, 2.05) is 0 Å². The Bertz CT molecular complexity index is 999. The van der Waals surface area contributed by atoms with Gasteiger partial charge >= 0.3 is 5.97 Å². The molecule has 0 aliphatic rings. The molecule has 0 unspecified atom stereocenters. The molecule has 28 heavy (non-hydrogen) atoms. The van der Waals surface area contributed by atoms with Gasteiger partial charge in [0.05, 0.1) is 11.8 Å². The number of ether oxygens (including phenoxy) is 1. The fraction of sp³-hybridized carbons (Fsp3) is 0. The number of amides is 1. The molecule has 0 aliphatic carbocycles. The van der Waals surface area contributed by atoms with Crippen LogP contribution in [-0.2, 0) is 0 Å². The molecule has 0 saturated carbocycles. The van der Waals surface area contributed by atoms with Gasteiger partial charge in [0.25, 0.3) is 5.91 Å². The molecule has 1 N–H and O–H groups in total. The van der Waals surface area contributed by atoms with Gasteiger partial charge in [-0.3, -0.25) is 4.79 Å². The zero-order valence-corrected chi connectivity index (χ0v) is 17.6. The van der Waals surface area contributed by atoms with Crippen LogP contribution < -0.4 is 10.2 Å². The maximum atomic E-state index is 12.1. The van der Waals surface area contributed by atoms with E-state index in [1.54, 1.807) is 72.8 Å². The summed E-state index contributed by atoms with van der Waals surface area (Å²) in [6.45, 7) is 0. The summed E-state index contributed by atoms with van der Waals surface area (Å²) >= 11 is 6.64. The van der Waals surface area contributed by atoms with Crippen molar-refractivity contribution >= 4 is 50.0 Å². The molecule has 1 amide bonds. The number of esters is 1. The van der Waals surface area contributed by atoms with E-state index in [0.29, 0.717) is 16.9 Å². The van der Waals surface area contributed by atoms with Gasteiger partial charge in [-0.25, -0.2) is 10.2 Å². The number of hydrogen-bond donors (Lipinski definition) is 1. The number of carbonyl (C=O) groups is 2. The van der Waals surface area contributed by atoms with Crippen molar-refractivity contribution in [1.82, 2.24) is 5.43 Å². The van der Waals surface area contributed by atoms with Crippen molar-refractivity contribution in [2.75, 3.05) is 0 Å². The lowest BCUT2D eigenvalue weighted by molar-refractivity contribution is 0.0734. The van der Waals surface area contributed by atoms with Crippen molar-refractivity contribution in [2.45, 2.75) is 0 Å². The minimum atomic E-state index is -0.435. The van der Waals surface area contributed by atoms with E-state index in [9.17, 15) is 9.59 Å². The van der Waals surface area contributed by atoms with Crippen molar-refractivity contribution in [1.29, 1.82) is 0 Å². The Labute approximate surface area is 178 Å². The number of carbonyl (C=O) groups excluding carboxylic acids is 2. The maximum Gasteiger partial charge on any atom is 0.343 e. The molecule has 0 aliphatic heterocycles. The number of hydrazone groups is 1. The van der Waals surface area contributed by atoms with Crippen molar-refractivity contribution in [3.8, 4) is 5.75 Å². The molecular weight excluding hydrogens is 488 g/mol. The number of nitrogens with zero attached hydrogens (tertiary/aromatic N) is 1. The Kier molecular flexibility index (Phi) is 6.73. The van der Waals surface area contributed by atoms with Gasteiger partial charge in [0.1, 0.15) is 5.75 Å². The molecule has 3 rings (SSSR count). The molecule has 0 fully saturated rings. The van der Waals surface area contributed by atoms with Crippen LogP contribution in [0.25, 0.3) is 0 Å². The fourth-order valence-corrected chi connectivity index (χ4v) is 2.73. The average molecular weight is 502 g/mol. The van der Waals surface area contributed by atoms with Gasteiger partial charge in [-0.05, 0) is 78.4 Å². The molecule has 0 spiro atoms. The molecular formula is C21H14Br2N2O3. The summed E-state index contributed by atoms with van der Waals surface area (Å²) in [6.07, 6.45) is 1.51. The molecule has 3 aromatic carbocycles. The van der Waals surface area contributed by atoms with Crippen LogP contribution >= 0.6 is 31.9 Å². The first-order chi connectivity index (χ1) is 13.5. The van der Waals surface area contributed by atoms with Crippen molar-refractivity contribution in [3.63, 3.8) is 0 Å². The first-order valence-electron chi connectivity index (χ1n) is 8.18. The summed E-state index contributed by atoms with van der Waals surface area (Å²) in [5.41, 5.74) is 4.19. The summed E-state index contributed by atoms with van der Waals surface area (Å²) in [5, 5.41) is 3.94. The topological polar surface area (TPSA) is 67.8 Å². The summed E-state index contributed by atoms with van der Waals surface area (Å²) < 4.78 is 7.12. The summed E-state index contributed by atoms with van der Waals surface area (Å²) in [4.78, 5) is 24.1. The van der Waals surface area contributed by atoms with Gasteiger partial charge in [0.2, 0.25) is 0 Å². The van der Waals surface area contributed by atoms with Crippen LogP contribution in [0.5, 0.6) is 5.75 Å². The Balaban J connectivity index is 1.55. The van der Waals surface area contributed by atoms with Gasteiger partial charge in [-0.15, -0.1) is 0 Å². The zero-order valence-electron chi connectivity index (χ0n) is 14.4. The quantitative estimate of drug-likeness (QED) is 0.226. The normalized spacial score (nSPS) is 10.6. The highest BCUT2D eigenvalue weighted by Crippen LogP contribution is 2.16. The Morgan fingerprint density at radius 2 is 1.32 bits per heavy atom. The van der Waals surface area contributed by atoms with Crippen LogP contribution in [-0.4, -0.2) is 18.1 Å². The largest absolute Gasteiger partial charge is 0.423 e. The van der Waals surface area contributed by atoms with E-state index in [-0.39, 0.29) is 5.91 Å². The summed E-state index contributed by atoms with van der Waals surface area (Å²) in [5.74, 6) is -0.316. The molecule has 0 aromatic heterocycles. The SMILES string of the molecule is O=C(NN=Cc1ccc(OC(=O)c2ccc(Br)cc2)cc1)c1ccc(Br)cc1. The second kappa shape index (κ2) is 9.43. The summed E-state index contributed by atoms with van der Waals surface area (Å²) in [7, 11) is 0. The Hall–Kier alpha value is -2.77. The number of nitrogens with one attached hydrogen (secondary N) is 1. The predicted molar refractivity (Wildman–Crippen MR) is 115 cm³/mol. The van der Waals surface area contributed by atoms with Crippen LogP contribution in [0.3, 0.4) is 0 Å². The third-order valence-corrected chi connectivity index (χ3v) is 4.71. The van der Waals surface area contributed by atoms with E-state index in [0.717, 1.165) is 14.5 Å². The second-order valence-corrected chi connectivity index (χ2v) is 7.50. The first-order valence-corrected chi connectivity index (χ1v) is 9.77. The lowest BCUT2D eigenvalue weighted by Crippen LogP contribution is -2.17. The zero-order chi connectivity index (χ0) is 19.9. The lowest BCUT2D eigenvalue weighted by Gasteiger charge is -2.05. The van der Waals surface area contributed by atoms with Gasteiger partial charge in [-0.2, -0.15) is 5.10 Å². The van der Waals surface area contributed by atoms with Gasteiger partial charge < -0.3 is 4.74 Å². The number of benzene rings is 3. The molecule has 0 atom stereocenters. The highest BCUT2D eigenvalue weighted by molar-refractivity contribution is 9.10. The van der Waals surface area contributed by atoms with E-state index in [1.165, 1.54) is 6.21 Å². The number of hydrogen-bond acceptors (Lipinski definition) is 4. The molecule has 140 valence electrons. The number of halogens is 2. The maximum absolute atomic E-state index is 12.1. The third-order valence-electron chi connectivity index (χ3n) is 3.66. The average Bonchev–Trinajstić information content (AvgIpc) is 2.70. The standard InChI is InChI=1S/C21H14Br2N2O3/c22-17-7-3-15(4-8-17)20(26)25-24-13-14-1-11-19(12-2-14)28-21(27)16-5-9-18(23)10-6-16/h1-13H,(H,25,26). The van der Waals surface area contributed by atoms with Crippen LogP contribution in [0.1, 0.15) is 26.3 Å². The van der Waals surface area contributed by atoms with Crippen molar-refractivity contribution in [2.24, 2.45) is 5.10 Å². The van der Waals surface area contributed by atoms with Crippen LogP contribution in [0.4, 0.5) is 0 Å². The van der Waals surface area contributed by atoms with Gasteiger partial charge in [0.15, 0.2) is 0 Å². The van der Waals surface area contributed by atoms with Gasteiger partial charge in [-0.1, -0.05) is 31.9 Å². The molecule has 0 radical (unpaired) electrons. The van der Waals surface area contributed by atoms with E-state index >= 15 is 0 Å². The molecule has 5 nitrogen and oxygen atoms in total. The molecule has 7 heteroatoms. The van der Waals surface area contributed by atoms with Crippen molar-refractivity contribution in [3.05, 3.63) is 98.4 Å².